The van der Waals surface area contributed by atoms with Gasteiger partial charge in [0.1, 0.15) is 11.3 Å². The molecule has 0 aliphatic carbocycles. The summed E-state index contributed by atoms with van der Waals surface area (Å²) in [6.07, 6.45) is -0.122. The van der Waals surface area contributed by atoms with E-state index >= 15 is 0 Å². The first-order chi connectivity index (χ1) is 9.85. The number of carbonyl (C=O) groups is 2. The first-order valence-corrected chi connectivity index (χ1v) is 7.61. The third-order valence-corrected chi connectivity index (χ3v) is 3.52. The second-order valence-electron chi connectivity index (χ2n) is 7.67. The van der Waals surface area contributed by atoms with Crippen molar-refractivity contribution < 1.29 is 23.8 Å². The summed E-state index contributed by atoms with van der Waals surface area (Å²) in [7, 11) is 1.32. The van der Waals surface area contributed by atoms with E-state index in [2.05, 4.69) is 0 Å². The van der Waals surface area contributed by atoms with Gasteiger partial charge in [0, 0.05) is 0 Å². The molecule has 0 aromatic rings. The van der Waals surface area contributed by atoms with Crippen LogP contribution in [0.5, 0.6) is 0 Å². The number of esters is 1. The van der Waals surface area contributed by atoms with Gasteiger partial charge in [-0.25, -0.2) is 9.59 Å². The van der Waals surface area contributed by atoms with Crippen molar-refractivity contribution in [3.8, 4) is 0 Å². The van der Waals surface area contributed by atoms with Crippen LogP contribution in [0.15, 0.2) is 0 Å². The van der Waals surface area contributed by atoms with E-state index in [0.717, 1.165) is 0 Å². The average molecular weight is 315 g/mol. The molecule has 6 heteroatoms. The summed E-state index contributed by atoms with van der Waals surface area (Å²) in [6, 6.07) is 0. The normalized spacial score (nSPS) is 24.5. The van der Waals surface area contributed by atoms with Crippen LogP contribution in [0.1, 0.15) is 54.9 Å². The van der Waals surface area contributed by atoms with Gasteiger partial charge in [-0.05, 0) is 47.0 Å². The SMILES string of the molecule is COC(=O)[C@]1(CC(C)C)COC(C)(C)N1C(=O)OC(C)(C)C. The highest BCUT2D eigenvalue weighted by Gasteiger charge is 2.60. The number of amides is 1. The Labute approximate surface area is 133 Å². The maximum Gasteiger partial charge on any atom is 0.413 e. The number of hydrogen-bond donors (Lipinski definition) is 0. The van der Waals surface area contributed by atoms with Crippen molar-refractivity contribution in [2.45, 2.75) is 71.8 Å². The summed E-state index contributed by atoms with van der Waals surface area (Å²) in [4.78, 5) is 26.6. The zero-order valence-corrected chi connectivity index (χ0v) is 15.0. The van der Waals surface area contributed by atoms with Crippen molar-refractivity contribution in [1.82, 2.24) is 4.90 Å². The maximum absolute atomic E-state index is 12.7. The standard InChI is InChI=1S/C16H29NO5/c1-11(2)9-16(12(18)20-8)10-21-15(6,7)17(16)13(19)22-14(3,4)5/h11H,9-10H2,1-8H3/t16-/m0/s1. The monoisotopic (exact) mass is 315 g/mol. The van der Waals surface area contributed by atoms with E-state index in [4.69, 9.17) is 14.2 Å². The molecule has 0 aromatic heterocycles. The van der Waals surface area contributed by atoms with Crippen molar-refractivity contribution >= 4 is 12.1 Å². The highest BCUT2D eigenvalue weighted by atomic mass is 16.6. The van der Waals surface area contributed by atoms with E-state index < -0.39 is 28.9 Å². The number of ether oxygens (including phenoxy) is 3. The van der Waals surface area contributed by atoms with Crippen LogP contribution in [0.3, 0.4) is 0 Å². The molecule has 1 amide bonds. The topological polar surface area (TPSA) is 65.1 Å². The van der Waals surface area contributed by atoms with Gasteiger partial charge in [-0.1, -0.05) is 13.8 Å². The molecule has 0 radical (unpaired) electrons. The summed E-state index contributed by atoms with van der Waals surface area (Å²) >= 11 is 0. The molecule has 1 heterocycles. The molecule has 1 rings (SSSR count). The molecule has 1 aliphatic heterocycles. The minimum absolute atomic E-state index is 0.101. The number of rotatable bonds is 3. The summed E-state index contributed by atoms with van der Waals surface area (Å²) in [6.45, 7) is 13.0. The van der Waals surface area contributed by atoms with Crippen LogP contribution in [-0.2, 0) is 19.0 Å². The van der Waals surface area contributed by atoms with Gasteiger partial charge < -0.3 is 14.2 Å². The fourth-order valence-corrected chi connectivity index (χ4v) is 2.89. The largest absolute Gasteiger partial charge is 0.467 e. The van der Waals surface area contributed by atoms with E-state index in [1.807, 2.05) is 13.8 Å². The number of nitrogens with zero attached hydrogens (tertiary/aromatic N) is 1. The second kappa shape index (κ2) is 6.07. The molecule has 1 saturated heterocycles. The van der Waals surface area contributed by atoms with Gasteiger partial charge in [-0.15, -0.1) is 0 Å². The van der Waals surface area contributed by atoms with Gasteiger partial charge >= 0.3 is 12.1 Å². The minimum Gasteiger partial charge on any atom is -0.467 e. The Morgan fingerprint density at radius 1 is 1.27 bits per heavy atom. The molecular formula is C16H29NO5. The van der Waals surface area contributed by atoms with Gasteiger partial charge in [0.15, 0.2) is 5.54 Å². The molecule has 1 aliphatic rings. The Morgan fingerprint density at radius 3 is 2.23 bits per heavy atom. The van der Waals surface area contributed by atoms with Gasteiger partial charge in [-0.3, -0.25) is 4.90 Å². The van der Waals surface area contributed by atoms with Crippen LogP contribution in [0.2, 0.25) is 0 Å². The molecule has 128 valence electrons. The Morgan fingerprint density at radius 2 is 1.82 bits per heavy atom. The van der Waals surface area contributed by atoms with Gasteiger partial charge in [0.2, 0.25) is 0 Å². The zero-order chi connectivity index (χ0) is 17.3. The molecule has 0 saturated carbocycles. The highest BCUT2D eigenvalue weighted by molar-refractivity contribution is 5.87. The number of hydrogen-bond acceptors (Lipinski definition) is 5. The fourth-order valence-electron chi connectivity index (χ4n) is 2.89. The Kier molecular flexibility index (Phi) is 5.17. The van der Waals surface area contributed by atoms with Crippen LogP contribution < -0.4 is 0 Å². The van der Waals surface area contributed by atoms with E-state index in [1.54, 1.807) is 34.6 Å². The average Bonchev–Trinajstić information content (AvgIpc) is 2.57. The van der Waals surface area contributed by atoms with Crippen LogP contribution in [-0.4, -0.2) is 47.5 Å². The van der Waals surface area contributed by atoms with Crippen LogP contribution >= 0.6 is 0 Å². The zero-order valence-electron chi connectivity index (χ0n) is 15.0. The molecule has 1 atom stereocenters. The lowest BCUT2D eigenvalue weighted by Gasteiger charge is -2.41. The maximum atomic E-state index is 12.7. The third-order valence-electron chi connectivity index (χ3n) is 3.52. The lowest BCUT2D eigenvalue weighted by molar-refractivity contribution is -0.156. The predicted octanol–water partition coefficient (Wildman–Crippen LogP) is 2.95. The first-order valence-electron chi connectivity index (χ1n) is 7.61. The highest BCUT2D eigenvalue weighted by Crippen LogP contribution is 2.41. The number of carbonyl (C=O) groups excluding carboxylic acids is 2. The molecule has 22 heavy (non-hydrogen) atoms. The molecule has 6 nitrogen and oxygen atoms in total. The molecule has 1 fully saturated rings. The predicted molar refractivity (Wildman–Crippen MR) is 82.3 cm³/mol. The Bertz CT molecular complexity index is 438. The molecule has 0 spiro atoms. The van der Waals surface area contributed by atoms with Crippen molar-refractivity contribution in [2.75, 3.05) is 13.7 Å². The molecule has 0 N–H and O–H groups in total. The van der Waals surface area contributed by atoms with Gasteiger partial charge in [-0.2, -0.15) is 0 Å². The van der Waals surface area contributed by atoms with Crippen molar-refractivity contribution in [1.29, 1.82) is 0 Å². The summed E-state index contributed by atoms with van der Waals surface area (Å²) in [5.41, 5.74) is -2.75. The third kappa shape index (κ3) is 3.72. The van der Waals surface area contributed by atoms with E-state index in [9.17, 15) is 9.59 Å². The van der Waals surface area contributed by atoms with E-state index in [1.165, 1.54) is 12.0 Å². The van der Waals surface area contributed by atoms with Gasteiger partial charge in [0.25, 0.3) is 0 Å². The summed E-state index contributed by atoms with van der Waals surface area (Å²) < 4.78 is 16.2. The second-order valence-corrected chi connectivity index (χ2v) is 7.67. The van der Waals surface area contributed by atoms with E-state index in [0.29, 0.717) is 6.42 Å². The fraction of sp³-hybridized carbons (Fsp3) is 0.875. The van der Waals surface area contributed by atoms with Crippen LogP contribution in [0, 0.1) is 5.92 Å². The minimum atomic E-state index is -1.16. The molecule has 0 aromatic carbocycles. The molecular weight excluding hydrogens is 286 g/mol. The lowest BCUT2D eigenvalue weighted by Crippen LogP contribution is -2.61. The first kappa shape index (κ1) is 18.7. The van der Waals surface area contributed by atoms with Crippen molar-refractivity contribution in [3.05, 3.63) is 0 Å². The van der Waals surface area contributed by atoms with Crippen LogP contribution in [0.25, 0.3) is 0 Å². The van der Waals surface area contributed by atoms with Gasteiger partial charge in [0.05, 0.1) is 13.7 Å². The Balaban J connectivity index is 3.29. The number of methoxy groups -OCH3 is 1. The summed E-state index contributed by atoms with van der Waals surface area (Å²) in [5, 5.41) is 0. The quantitative estimate of drug-likeness (QED) is 0.749. The van der Waals surface area contributed by atoms with E-state index in [-0.39, 0.29) is 12.5 Å². The molecule has 0 unspecified atom stereocenters. The lowest BCUT2D eigenvalue weighted by atomic mass is 9.88. The Hall–Kier alpha value is -1.30. The smallest absolute Gasteiger partial charge is 0.413 e. The van der Waals surface area contributed by atoms with Crippen LogP contribution in [0.4, 0.5) is 4.79 Å². The van der Waals surface area contributed by atoms with Crippen molar-refractivity contribution in [3.63, 3.8) is 0 Å². The summed E-state index contributed by atoms with van der Waals surface area (Å²) in [5.74, 6) is -0.292. The van der Waals surface area contributed by atoms with Crippen molar-refractivity contribution in [2.24, 2.45) is 5.92 Å². The molecule has 0 bridgehead atoms.